The van der Waals surface area contributed by atoms with Gasteiger partial charge in [-0.15, -0.1) is 0 Å². The van der Waals surface area contributed by atoms with Gasteiger partial charge in [0, 0.05) is 17.2 Å². The predicted octanol–water partition coefficient (Wildman–Crippen LogP) is 3.42. The van der Waals surface area contributed by atoms with Crippen molar-refractivity contribution in [1.29, 1.82) is 0 Å². The fourth-order valence-electron chi connectivity index (χ4n) is 5.72. The van der Waals surface area contributed by atoms with Crippen LogP contribution in [-0.4, -0.2) is 46.3 Å². The smallest absolute Gasteiger partial charge is 0.312 e. The Balaban J connectivity index is 1.93. The van der Waals surface area contributed by atoms with Gasteiger partial charge in [0.05, 0.1) is 25.7 Å². The lowest BCUT2D eigenvalue weighted by molar-refractivity contribution is -0.341. The zero-order chi connectivity index (χ0) is 26.8. The molecule has 3 N–H and O–H groups in total. The van der Waals surface area contributed by atoms with Crippen LogP contribution in [0, 0.1) is 5.92 Å². The zero-order valence-electron chi connectivity index (χ0n) is 19.6. The summed E-state index contributed by atoms with van der Waals surface area (Å²) in [6, 6.07) is 14.2. The van der Waals surface area contributed by atoms with Crippen LogP contribution in [0.2, 0.25) is 5.15 Å². The average molecular weight is 534 g/mol. The summed E-state index contributed by atoms with van der Waals surface area (Å²) >= 11 is 6.17. The third-order valence-corrected chi connectivity index (χ3v) is 7.43. The maximum absolute atomic E-state index is 13.4. The van der Waals surface area contributed by atoms with Gasteiger partial charge in [-0.05, 0) is 5.56 Å². The number of ether oxygens (including phenoxy) is 3. The van der Waals surface area contributed by atoms with Crippen molar-refractivity contribution >= 4 is 17.6 Å². The molecule has 2 heterocycles. The molecule has 4 atom stereocenters. The zero-order valence-corrected chi connectivity index (χ0v) is 20.3. The molecule has 1 aliphatic carbocycles. The van der Waals surface area contributed by atoms with Gasteiger partial charge in [-0.3, -0.25) is 4.79 Å². The minimum Gasteiger partial charge on any atom is -0.481 e. The monoisotopic (exact) mass is 533 g/mol. The fourth-order valence-corrected chi connectivity index (χ4v) is 5.89. The lowest BCUT2D eigenvalue weighted by Crippen LogP contribution is -2.65. The Hall–Kier alpha value is -3.31. The van der Waals surface area contributed by atoms with Crippen molar-refractivity contribution in [2.75, 3.05) is 14.2 Å². The van der Waals surface area contributed by atoms with E-state index in [0.29, 0.717) is 5.56 Å². The summed E-state index contributed by atoms with van der Waals surface area (Å²) < 4.78 is 43.4. The number of fused-ring (bicyclic) bond motifs is 4. The Bertz CT molecular complexity index is 1360. The van der Waals surface area contributed by atoms with Gasteiger partial charge in [0.2, 0.25) is 11.7 Å². The molecule has 0 saturated heterocycles. The van der Waals surface area contributed by atoms with Gasteiger partial charge in [-0.25, -0.2) is 13.8 Å². The van der Waals surface area contributed by atoms with Crippen molar-refractivity contribution in [3.8, 4) is 11.6 Å². The van der Waals surface area contributed by atoms with E-state index in [1.807, 2.05) is 0 Å². The van der Waals surface area contributed by atoms with Crippen molar-refractivity contribution in [3.05, 3.63) is 88.1 Å². The molecule has 2 aliphatic rings. The van der Waals surface area contributed by atoms with E-state index in [-0.39, 0.29) is 33.5 Å². The number of esters is 1. The number of methoxy groups -OCH3 is 2. The van der Waals surface area contributed by atoms with Crippen LogP contribution >= 0.6 is 11.6 Å². The number of carbonyl (C=O) groups excluding carboxylic acids is 1. The van der Waals surface area contributed by atoms with Gasteiger partial charge in [0.25, 0.3) is 6.43 Å². The maximum atomic E-state index is 13.4. The van der Waals surface area contributed by atoms with Gasteiger partial charge >= 0.3 is 5.97 Å². The highest BCUT2D eigenvalue weighted by molar-refractivity contribution is 6.29. The van der Waals surface area contributed by atoms with Crippen molar-refractivity contribution in [2.24, 2.45) is 5.92 Å². The molecular formula is C26H22ClF2NO7. The molecule has 8 nitrogen and oxygen atoms in total. The molecule has 1 saturated carbocycles. The van der Waals surface area contributed by atoms with Crippen LogP contribution in [0.25, 0.3) is 0 Å². The normalized spacial score (nSPS) is 27.4. The second-order valence-corrected chi connectivity index (χ2v) is 9.30. The minimum atomic E-state index is -3.23. The molecule has 2 bridgehead atoms. The van der Waals surface area contributed by atoms with Crippen LogP contribution in [0.15, 0.2) is 60.7 Å². The topological polar surface area (TPSA) is 118 Å². The van der Waals surface area contributed by atoms with E-state index in [4.69, 9.17) is 25.8 Å². The Morgan fingerprint density at radius 3 is 2.30 bits per heavy atom. The van der Waals surface area contributed by atoms with Crippen molar-refractivity contribution in [2.45, 2.75) is 29.3 Å². The molecule has 0 amide bonds. The molecule has 1 fully saturated rings. The number of aliphatic hydroxyl groups is 3. The molecule has 5 rings (SSSR count). The number of alkyl halides is 2. The highest BCUT2D eigenvalue weighted by atomic mass is 35.5. The van der Waals surface area contributed by atoms with Crippen LogP contribution in [0.3, 0.4) is 0 Å². The third-order valence-electron chi connectivity index (χ3n) is 7.24. The van der Waals surface area contributed by atoms with E-state index in [1.54, 1.807) is 30.3 Å². The fraction of sp³-hybridized carbons (Fsp3) is 0.308. The lowest BCUT2D eigenvalue weighted by atomic mass is 9.74. The Morgan fingerprint density at radius 1 is 1.08 bits per heavy atom. The Morgan fingerprint density at radius 2 is 1.73 bits per heavy atom. The molecule has 194 valence electrons. The summed E-state index contributed by atoms with van der Waals surface area (Å²) in [5.41, 5.74) is -5.36. The average Bonchev–Trinajstić information content (AvgIpc) is 2.97. The van der Waals surface area contributed by atoms with Crippen LogP contribution in [0.1, 0.15) is 34.6 Å². The molecule has 0 spiro atoms. The first-order valence-corrected chi connectivity index (χ1v) is 11.5. The summed E-state index contributed by atoms with van der Waals surface area (Å²) in [5.74, 6) is -7.63. The minimum absolute atomic E-state index is 0.0122. The molecule has 0 radical (unpaired) electrons. The van der Waals surface area contributed by atoms with Gasteiger partial charge in [0.15, 0.2) is 11.2 Å². The van der Waals surface area contributed by atoms with Crippen LogP contribution in [-0.2, 0) is 20.7 Å². The number of hydrogen-bond donors (Lipinski definition) is 3. The number of aromatic nitrogens is 1. The predicted molar refractivity (Wildman–Crippen MR) is 125 cm³/mol. The maximum Gasteiger partial charge on any atom is 0.312 e. The van der Waals surface area contributed by atoms with Crippen LogP contribution in [0.4, 0.5) is 8.78 Å². The first kappa shape index (κ1) is 25.3. The second kappa shape index (κ2) is 8.63. The highest BCUT2D eigenvalue weighted by Gasteiger charge is 2.84. The number of nitrogens with zero attached hydrogens (tertiary/aromatic N) is 1. The summed E-state index contributed by atoms with van der Waals surface area (Å²) in [6.07, 6.45) is -2.78. The lowest BCUT2D eigenvalue weighted by Gasteiger charge is -2.49. The molecule has 1 aromatic heterocycles. The number of benzene rings is 2. The molecule has 2 aromatic carbocycles. The van der Waals surface area contributed by atoms with E-state index < -0.39 is 41.2 Å². The molecule has 37 heavy (non-hydrogen) atoms. The number of rotatable bonds is 5. The van der Waals surface area contributed by atoms with E-state index >= 15 is 0 Å². The molecule has 0 unspecified atom stereocenters. The van der Waals surface area contributed by atoms with Gasteiger partial charge < -0.3 is 29.5 Å². The van der Waals surface area contributed by atoms with E-state index in [9.17, 15) is 28.9 Å². The molecule has 1 aliphatic heterocycles. The SMILES string of the molecule is COC(=O)[C@H]1[C@@H](c2ccccc2)[C@]2(c3ccc(C(F)F)cc3)Oc3cc(Cl)nc(OC)c3[C@@]1(O)C2(O)O. The van der Waals surface area contributed by atoms with Gasteiger partial charge in [0.1, 0.15) is 16.8 Å². The summed E-state index contributed by atoms with van der Waals surface area (Å²) in [5, 5.41) is 36.0. The number of halogens is 3. The van der Waals surface area contributed by atoms with Gasteiger partial charge in [-0.1, -0.05) is 66.2 Å². The van der Waals surface area contributed by atoms with Crippen molar-refractivity contribution < 1.29 is 43.1 Å². The molecule has 11 heteroatoms. The van der Waals surface area contributed by atoms with Crippen LogP contribution in [0.5, 0.6) is 11.6 Å². The van der Waals surface area contributed by atoms with Crippen molar-refractivity contribution in [1.82, 2.24) is 4.98 Å². The van der Waals surface area contributed by atoms with Gasteiger partial charge in [-0.2, -0.15) is 0 Å². The summed E-state index contributed by atoms with van der Waals surface area (Å²) in [7, 11) is 2.32. The third kappa shape index (κ3) is 3.23. The Labute approximate surface area is 215 Å². The largest absolute Gasteiger partial charge is 0.481 e. The standard InChI is InChI=1S/C26H22ClF2NO7/c1-35-22-19-16(12-17(27)30-22)37-25(15-10-8-14(9-11-15)21(28)29)18(13-6-4-3-5-7-13)20(23(31)36-2)24(19,32)26(25,33)34/h3-12,18,20-21,32-34H,1-2H3/t18-,20-,24+,25+/m1/s1. The number of pyridine rings is 1. The number of hydrogen-bond acceptors (Lipinski definition) is 8. The second-order valence-electron chi connectivity index (χ2n) is 8.92. The first-order valence-electron chi connectivity index (χ1n) is 11.2. The van der Waals surface area contributed by atoms with Crippen LogP contribution < -0.4 is 9.47 Å². The highest BCUT2D eigenvalue weighted by Crippen LogP contribution is 2.71. The van der Waals surface area contributed by atoms with E-state index in [1.165, 1.54) is 25.3 Å². The van der Waals surface area contributed by atoms with E-state index in [2.05, 4.69) is 4.98 Å². The molecule has 3 aromatic rings. The van der Waals surface area contributed by atoms with E-state index in [0.717, 1.165) is 19.2 Å². The summed E-state index contributed by atoms with van der Waals surface area (Å²) in [6.45, 7) is 0. The molecular weight excluding hydrogens is 512 g/mol. The first-order chi connectivity index (χ1) is 17.5. The number of carbonyl (C=O) groups is 1. The van der Waals surface area contributed by atoms with Crippen molar-refractivity contribution in [3.63, 3.8) is 0 Å². The quantitative estimate of drug-likeness (QED) is 0.259. The Kier molecular flexibility index (Phi) is 5.91. The summed E-state index contributed by atoms with van der Waals surface area (Å²) in [4.78, 5) is 17.4.